The Kier molecular flexibility index (Phi) is 5.75. The zero-order valence-electron chi connectivity index (χ0n) is 16.8. The van der Waals surface area contributed by atoms with Gasteiger partial charge in [-0.15, -0.1) is 0 Å². The summed E-state index contributed by atoms with van der Waals surface area (Å²) >= 11 is 0. The number of nitrogens with zero attached hydrogens (tertiary/aromatic N) is 1. The number of aromatic amines is 1. The smallest absolute Gasteiger partial charge is 0.339 e. The summed E-state index contributed by atoms with van der Waals surface area (Å²) in [7, 11) is 0. The number of esters is 1. The van der Waals surface area contributed by atoms with Crippen LogP contribution in [0.1, 0.15) is 23.7 Å². The second-order valence-electron chi connectivity index (χ2n) is 6.92. The van der Waals surface area contributed by atoms with E-state index in [0.29, 0.717) is 11.4 Å². The molecular formula is C24H20FN3O3. The largest absolute Gasteiger partial charge is 0.449 e. The number of H-pyrrole nitrogens is 1. The monoisotopic (exact) mass is 417 g/mol. The first-order chi connectivity index (χ1) is 15.1. The molecule has 1 atom stereocenters. The highest BCUT2D eigenvalue weighted by Crippen LogP contribution is 2.25. The second kappa shape index (κ2) is 8.79. The van der Waals surface area contributed by atoms with E-state index < -0.39 is 23.8 Å². The van der Waals surface area contributed by atoms with Gasteiger partial charge in [0.2, 0.25) is 0 Å². The Hall–Kier alpha value is -4.00. The van der Waals surface area contributed by atoms with Gasteiger partial charge in [-0.2, -0.15) is 0 Å². The highest BCUT2D eigenvalue weighted by Gasteiger charge is 2.25. The maximum atomic E-state index is 13.8. The fourth-order valence-corrected chi connectivity index (χ4v) is 3.24. The molecule has 0 radical (unpaired) electrons. The van der Waals surface area contributed by atoms with E-state index in [1.54, 1.807) is 37.3 Å². The van der Waals surface area contributed by atoms with Gasteiger partial charge in [-0.3, -0.25) is 4.79 Å². The molecule has 4 aromatic rings. The number of carbonyl (C=O) groups is 2. The lowest BCUT2D eigenvalue weighted by atomic mass is 10.1. The summed E-state index contributed by atoms with van der Waals surface area (Å²) in [6.45, 7) is 1.71. The Morgan fingerprint density at radius 3 is 2.52 bits per heavy atom. The molecule has 0 fully saturated rings. The third kappa shape index (κ3) is 4.30. The van der Waals surface area contributed by atoms with E-state index in [1.807, 2.05) is 24.3 Å². The number of carbonyl (C=O) groups excluding carboxylic acids is 2. The van der Waals surface area contributed by atoms with Crippen LogP contribution >= 0.6 is 0 Å². The number of anilines is 1. The van der Waals surface area contributed by atoms with Crippen molar-refractivity contribution in [3.05, 3.63) is 84.2 Å². The van der Waals surface area contributed by atoms with Gasteiger partial charge in [0.05, 0.1) is 22.3 Å². The normalized spacial score (nSPS) is 11.8. The Balaban J connectivity index is 1.56. The van der Waals surface area contributed by atoms with Crippen molar-refractivity contribution in [2.45, 2.75) is 19.4 Å². The van der Waals surface area contributed by atoms with Gasteiger partial charge in [0.15, 0.2) is 6.10 Å². The molecule has 1 heterocycles. The maximum Gasteiger partial charge on any atom is 0.339 e. The molecule has 0 spiro atoms. The van der Waals surface area contributed by atoms with Crippen molar-refractivity contribution in [1.29, 1.82) is 0 Å². The number of halogens is 1. The van der Waals surface area contributed by atoms with Crippen LogP contribution in [0.3, 0.4) is 0 Å². The van der Waals surface area contributed by atoms with Crippen LogP contribution in [-0.4, -0.2) is 27.9 Å². The molecule has 1 aromatic heterocycles. The van der Waals surface area contributed by atoms with Crippen molar-refractivity contribution in [3.63, 3.8) is 0 Å². The lowest BCUT2D eigenvalue weighted by Gasteiger charge is -2.17. The van der Waals surface area contributed by atoms with Crippen LogP contribution in [0.25, 0.3) is 22.4 Å². The predicted molar refractivity (Wildman–Crippen MR) is 116 cm³/mol. The van der Waals surface area contributed by atoms with Crippen LogP contribution in [0.15, 0.2) is 72.8 Å². The van der Waals surface area contributed by atoms with Crippen molar-refractivity contribution >= 4 is 28.6 Å². The number of para-hydroxylation sites is 3. The SMILES string of the molecule is CCC(OC(=O)c1ccccc1-c1nc2ccccc2[nH]1)C(=O)Nc1ccccc1F. The molecule has 0 aliphatic heterocycles. The molecule has 7 heteroatoms. The fourth-order valence-electron chi connectivity index (χ4n) is 3.24. The summed E-state index contributed by atoms with van der Waals surface area (Å²) in [5, 5.41) is 2.47. The van der Waals surface area contributed by atoms with Gasteiger partial charge < -0.3 is 15.0 Å². The first kappa shape index (κ1) is 20.3. The number of imidazole rings is 1. The van der Waals surface area contributed by atoms with Gasteiger partial charge >= 0.3 is 5.97 Å². The molecular weight excluding hydrogens is 397 g/mol. The quantitative estimate of drug-likeness (QED) is 0.435. The van der Waals surface area contributed by atoms with E-state index in [9.17, 15) is 14.0 Å². The van der Waals surface area contributed by atoms with E-state index >= 15 is 0 Å². The number of hydrogen-bond acceptors (Lipinski definition) is 4. The molecule has 6 nitrogen and oxygen atoms in total. The van der Waals surface area contributed by atoms with E-state index in [-0.39, 0.29) is 17.7 Å². The van der Waals surface area contributed by atoms with Crippen molar-refractivity contribution in [2.24, 2.45) is 0 Å². The third-order valence-corrected chi connectivity index (χ3v) is 4.84. The first-order valence-corrected chi connectivity index (χ1v) is 9.87. The molecule has 3 aromatic carbocycles. The summed E-state index contributed by atoms with van der Waals surface area (Å²) in [5.41, 5.74) is 2.49. The van der Waals surface area contributed by atoms with Crippen LogP contribution in [0, 0.1) is 5.82 Å². The van der Waals surface area contributed by atoms with Gasteiger partial charge in [-0.05, 0) is 36.8 Å². The summed E-state index contributed by atoms with van der Waals surface area (Å²) in [5.74, 6) is -1.29. The second-order valence-corrected chi connectivity index (χ2v) is 6.92. The van der Waals surface area contributed by atoms with Gasteiger partial charge in [0.1, 0.15) is 11.6 Å². The third-order valence-electron chi connectivity index (χ3n) is 4.84. The van der Waals surface area contributed by atoms with Gasteiger partial charge in [-0.1, -0.05) is 49.4 Å². The number of benzene rings is 3. The summed E-state index contributed by atoms with van der Waals surface area (Å²) in [4.78, 5) is 33.2. The van der Waals surface area contributed by atoms with E-state index in [2.05, 4.69) is 15.3 Å². The molecule has 156 valence electrons. The molecule has 0 saturated heterocycles. The Morgan fingerprint density at radius 1 is 1.03 bits per heavy atom. The maximum absolute atomic E-state index is 13.8. The minimum Gasteiger partial charge on any atom is -0.449 e. The number of fused-ring (bicyclic) bond motifs is 1. The number of hydrogen-bond donors (Lipinski definition) is 2. The van der Waals surface area contributed by atoms with Crippen molar-refractivity contribution in [1.82, 2.24) is 9.97 Å². The molecule has 1 amide bonds. The highest BCUT2D eigenvalue weighted by atomic mass is 19.1. The lowest BCUT2D eigenvalue weighted by molar-refractivity contribution is -0.124. The van der Waals surface area contributed by atoms with Crippen LogP contribution in [0.4, 0.5) is 10.1 Å². The van der Waals surface area contributed by atoms with Crippen molar-refractivity contribution in [3.8, 4) is 11.4 Å². The minimum absolute atomic E-state index is 0.0321. The topological polar surface area (TPSA) is 84.1 Å². The standard InChI is InChI=1S/C24H20FN3O3/c1-2-21(23(29)28-18-12-6-5-11-17(18)25)31-24(30)16-10-4-3-9-15(16)22-26-19-13-7-8-14-20(19)27-22/h3-14,21H,2H2,1H3,(H,26,27)(H,28,29). The van der Waals surface area contributed by atoms with Crippen molar-refractivity contribution < 1.29 is 18.7 Å². The molecule has 31 heavy (non-hydrogen) atoms. The van der Waals surface area contributed by atoms with Gasteiger partial charge in [0, 0.05) is 5.56 Å². The summed E-state index contributed by atoms with van der Waals surface area (Å²) in [6, 6.07) is 20.2. The molecule has 2 N–H and O–H groups in total. The van der Waals surface area contributed by atoms with Crippen LogP contribution in [0.5, 0.6) is 0 Å². The number of ether oxygens (including phenoxy) is 1. The van der Waals surface area contributed by atoms with E-state index in [4.69, 9.17) is 4.74 Å². The van der Waals surface area contributed by atoms with Gasteiger partial charge in [-0.25, -0.2) is 14.2 Å². The van der Waals surface area contributed by atoms with Crippen LogP contribution in [-0.2, 0) is 9.53 Å². The first-order valence-electron chi connectivity index (χ1n) is 9.87. The molecule has 0 aliphatic carbocycles. The number of aromatic nitrogens is 2. The van der Waals surface area contributed by atoms with E-state index in [0.717, 1.165) is 11.0 Å². The van der Waals surface area contributed by atoms with Gasteiger partial charge in [0.25, 0.3) is 5.91 Å². The molecule has 0 aliphatic rings. The lowest BCUT2D eigenvalue weighted by Crippen LogP contribution is -2.32. The molecule has 4 rings (SSSR count). The Bertz CT molecular complexity index is 1220. The minimum atomic E-state index is -1.07. The Morgan fingerprint density at radius 2 is 1.74 bits per heavy atom. The number of amides is 1. The van der Waals surface area contributed by atoms with Crippen LogP contribution < -0.4 is 5.32 Å². The number of rotatable bonds is 6. The highest BCUT2D eigenvalue weighted by molar-refractivity contribution is 6.00. The van der Waals surface area contributed by atoms with E-state index in [1.165, 1.54) is 18.2 Å². The molecule has 0 saturated carbocycles. The fraction of sp³-hybridized carbons (Fsp3) is 0.125. The zero-order chi connectivity index (χ0) is 21.8. The summed E-state index contributed by atoms with van der Waals surface area (Å²) < 4.78 is 19.3. The molecule has 0 bridgehead atoms. The summed E-state index contributed by atoms with van der Waals surface area (Å²) in [6.07, 6.45) is -0.838. The Labute approximate surface area is 178 Å². The number of nitrogens with one attached hydrogen (secondary N) is 2. The van der Waals surface area contributed by atoms with Crippen molar-refractivity contribution in [2.75, 3.05) is 5.32 Å². The average Bonchev–Trinajstić information content (AvgIpc) is 3.23. The van der Waals surface area contributed by atoms with Crippen LogP contribution in [0.2, 0.25) is 0 Å². The zero-order valence-corrected chi connectivity index (χ0v) is 16.8. The molecule has 1 unspecified atom stereocenters. The average molecular weight is 417 g/mol. The predicted octanol–water partition coefficient (Wildman–Crippen LogP) is 4.94.